The van der Waals surface area contributed by atoms with E-state index in [0.29, 0.717) is 33.8 Å². The summed E-state index contributed by atoms with van der Waals surface area (Å²) >= 11 is 6.05. The second-order valence-electron chi connectivity index (χ2n) is 5.49. The Morgan fingerprint density at radius 2 is 1.92 bits per heavy atom. The summed E-state index contributed by atoms with van der Waals surface area (Å²) in [6, 6.07) is 11.4. The average molecular weight is 339 g/mol. The summed E-state index contributed by atoms with van der Waals surface area (Å²) in [5.74, 6) is 2.27. The first-order chi connectivity index (χ1) is 11.5. The number of rotatable bonds is 3. The van der Waals surface area contributed by atoms with Crippen molar-refractivity contribution >= 4 is 23.7 Å². The fraction of sp³-hybridized carbons (Fsp3) is 0.158. The molecule has 2 heterocycles. The molecule has 0 unspecified atom stereocenters. The lowest BCUT2D eigenvalue weighted by atomic mass is 10.1. The van der Waals surface area contributed by atoms with Crippen LogP contribution < -0.4 is 0 Å². The topological polar surface area (TPSA) is 62.4 Å². The second-order valence-corrected chi connectivity index (χ2v) is 5.93. The number of halogens is 1. The van der Waals surface area contributed by atoms with Gasteiger partial charge in [-0.1, -0.05) is 17.7 Å². The van der Waals surface area contributed by atoms with E-state index in [1.165, 1.54) is 0 Å². The minimum atomic E-state index is 0.296. The zero-order valence-corrected chi connectivity index (χ0v) is 14.3. The molecule has 0 amide bonds. The zero-order chi connectivity index (χ0) is 17.3. The maximum absolute atomic E-state index is 9.20. The van der Waals surface area contributed by atoms with Crippen LogP contribution in [0.5, 0.6) is 0 Å². The van der Waals surface area contributed by atoms with Crippen molar-refractivity contribution in [2.45, 2.75) is 20.8 Å². The first-order valence-corrected chi connectivity index (χ1v) is 7.78. The molecular formula is C19H15ClN2O2. The highest BCUT2D eigenvalue weighted by Crippen LogP contribution is 2.30. The van der Waals surface area contributed by atoms with Crippen LogP contribution in [0.1, 0.15) is 28.2 Å². The van der Waals surface area contributed by atoms with Gasteiger partial charge < -0.3 is 8.83 Å². The maximum Gasteiger partial charge on any atom is 0.237 e. The number of benzene rings is 1. The van der Waals surface area contributed by atoms with Gasteiger partial charge in [-0.25, -0.2) is 4.99 Å². The molecule has 1 aromatic carbocycles. The van der Waals surface area contributed by atoms with Crippen molar-refractivity contribution in [3.8, 4) is 17.4 Å². The van der Waals surface area contributed by atoms with Gasteiger partial charge in [0, 0.05) is 16.1 Å². The van der Waals surface area contributed by atoms with Crippen LogP contribution >= 0.6 is 11.6 Å². The van der Waals surface area contributed by atoms with E-state index in [4.69, 9.17) is 20.4 Å². The summed E-state index contributed by atoms with van der Waals surface area (Å²) in [6.45, 7) is 5.64. The van der Waals surface area contributed by atoms with Crippen LogP contribution in [0.3, 0.4) is 0 Å². The fourth-order valence-electron chi connectivity index (χ4n) is 2.38. The van der Waals surface area contributed by atoms with Gasteiger partial charge in [0.25, 0.3) is 0 Å². The van der Waals surface area contributed by atoms with Crippen LogP contribution in [0.15, 0.2) is 44.2 Å². The molecule has 2 aromatic heterocycles. The molecule has 0 aliphatic rings. The van der Waals surface area contributed by atoms with E-state index < -0.39 is 0 Å². The van der Waals surface area contributed by atoms with Crippen molar-refractivity contribution in [1.29, 1.82) is 5.26 Å². The first-order valence-electron chi connectivity index (χ1n) is 7.40. The van der Waals surface area contributed by atoms with Gasteiger partial charge >= 0.3 is 0 Å². The zero-order valence-electron chi connectivity index (χ0n) is 13.6. The quantitative estimate of drug-likeness (QED) is 0.572. The van der Waals surface area contributed by atoms with Gasteiger partial charge in [0.15, 0.2) is 0 Å². The summed E-state index contributed by atoms with van der Waals surface area (Å²) < 4.78 is 11.3. The third-order valence-electron chi connectivity index (χ3n) is 3.88. The molecule has 0 aliphatic carbocycles. The lowest BCUT2D eigenvalue weighted by Gasteiger charge is -2.02. The molecule has 0 bridgehead atoms. The van der Waals surface area contributed by atoms with E-state index in [9.17, 15) is 5.26 Å². The van der Waals surface area contributed by atoms with Crippen molar-refractivity contribution in [3.63, 3.8) is 0 Å². The Hall–Kier alpha value is -2.77. The average Bonchev–Trinajstić information content (AvgIpc) is 3.13. The molecule has 0 radical (unpaired) electrons. The monoisotopic (exact) mass is 338 g/mol. The van der Waals surface area contributed by atoms with Crippen molar-refractivity contribution < 1.29 is 8.83 Å². The number of nitriles is 1. The van der Waals surface area contributed by atoms with Crippen molar-refractivity contribution in [2.24, 2.45) is 4.99 Å². The van der Waals surface area contributed by atoms with Crippen molar-refractivity contribution in [2.75, 3.05) is 0 Å². The Morgan fingerprint density at radius 1 is 1.12 bits per heavy atom. The van der Waals surface area contributed by atoms with Crippen LogP contribution in [0, 0.1) is 32.1 Å². The first kappa shape index (κ1) is 16.1. The van der Waals surface area contributed by atoms with E-state index in [2.05, 4.69) is 11.1 Å². The second kappa shape index (κ2) is 6.38. The summed E-state index contributed by atoms with van der Waals surface area (Å²) in [6.07, 6.45) is 1.54. The largest absolute Gasteiger partial charge is 0.455 e. The fourth-order valence-corrected chi connectivity index (χ4v) is 2.55. The summed E-state index contributed by atoms with van der Waals surface area (Å²) in [5, 5.41) is 9.85. The number of aliphatic imine (C=N–C) groups is 1. The molecule has 120 valence electrons. The highest BCUT2D eigenvalue weighted by atomic mass is 35.5. The molecule has 0 spiro atoms. The number of aryl methyl sites for hydroxylation is 2. The molecule has 0 saturated heterocycles. The molecule has 0 atom stereocenters. The van der Waals surface area contributed by atoms with Crippen molar-refractivity contribution in [3.05, 3.63) is 63.6 Å². The normalized spacial score (nSPS) is 11.1. The molecule has 3 rings (SSSR count). The Bertz CT molecular complexity index is 974. The van der Waals surface area contributed by atoms with Gasteiger partial charge in [0.05, 0.1) is 6.21 Å². The van der Waals surface area contributed by atoms with Gasteiger partial charge in [0.2, 0.25) is 5.88 Å². The van der Waals surface area contributed by atoms with Gasteiger partial charge in [-0.15, -0.1) is 0 Å². The summed E-state index contributed by atoms with van der Waals surface area (Å²) in [4.78, 5) is 4.24. The lowest BCUT2D eigenvalue weighted by molar-refractivity contribution is 0.540. The van der Waals surface area contributed by atoms with E-state index in [0.717, 1.165) is 16.7 Å². The van der Waals surface area contributed by atoms with Crippen molar-refractivity contribution in [1.82, 2.24) is 0 Å². The SMILES string of the molecule is Cc1ccc(Cl)cc1-c1ccc(C=Nc2oc(C)c(C)c2C#N)o1. The van der Waals surface area contributed by atoms with E-state index in [-0.39, 0.29) is 0 Å². The third kappa shape index (κ3) is 2.99. The molecule has 24 heavy (non-hydrogen) atoms. The van der Waals surface area contributed by atoms with Crippen LogP contribution in [0.25, 0.3) is 11.3 Å². The predicted octanol–water partition coefficient (Wildman–Crippen LogP) is 5.74. The maximum atomic E-state index is 9.20. The van der Waals surface area contributed by atoms with Gasteiger partial charge in [-0.3, -0.25) is 0 Å². The molecule has 5 heteroatoms. The number of hydrogen-bond donors (Lipinski definition) is 0. The van der Waals surface area contributed by atoms with E-state index >= 15 is 0 Å². The highest BCUT2D eigenvalue weighted by molar-refractivity contribution is 6.30. The van der Waals surface area contributed by atoms with E-state index in [1.807, 2.05) is 51.1 Å². The molecule has 0 saturated carbocycles. The standard InChI is InChI=1S/C19H15ClN2O2/c1-11-4-5-14(20)8-16(11)18-7-6-15(24-18)10-22-19-17(9-21)12(2)13(3)23-19/h4-8,10H,1-3H3. The smallest absolute Gasteiger partial charge is 0.237 e. The van der Waals surface area contributed by atoms with E-state index in [1.54, 1.807) is 6.21 Å². The van der Waals surface area contributed by atoms with Crippen LogP contribution in [-0.2, 0) is 0 Å². The Labute approximate surface area is 145 Å². The van der Waals surface area contributed by atoms with Gasteiger partial charge in [-0.2, -0.15) is 5.26 Å². The predicted molar refractivity (Wildman–Crippen MR) is 94.0 cm³/mol. The number of furan rings is 2. The molecule has 0 aliphatic heterocycles. The summed E-state index contributed by atoms with van der Waals surface area (Å²) in [7, 11) is 0. The van der Waals surface area contributed by atoms with Crippen LogP contribution in [0.4, 0.5) is 5.88 Å². The van der Waals surface area contributed by atoms with Gasteiger partial charge in [-0.05, 0) is 50.6 Å². The summed E-state index contributed by atoms with van der Waals surface area (Å²) in [5.41, 5.74) is 3.26. The molecule has 3 aromatic rings. The Kier molecular flexibility index (Phi) is 4.28. The van der Waals surface area contributed by atoms with Crippen LogP contribution in [-0.4, -0.2) is 6.21 Å². The molecule has 4 nitrogen and oxygen atoms in total. The van der Waals surface area contributed by atoms with Crippen LogP contribution in [0.2, 0.25) is 5.02 Å². The molecule has 0 N–H and O–H groups in total. The lowest BCUT2D eigenvalue weighted by Crippen LogP contribution is -1.81. The third-order valence-corrected chi connectivity index (χ3v) is 4.11. The molecular weight excluding hydrogens is 324 g/mol. The Morgan fingerprint density at radius 3 is 2.67 bits per heavy atom. The minimum Gasteiger partial charge on any atom is -0.455 e. The molecule has 0 fully saturated rings. The highest BCUT2D eigenvalue weighted by Gasteiger charge is 2.13. The number of nitrogens with zero attached hydrogens (tertiary/aromatic N) is 2. The Balaban J connectivity index is 1.91. The number of hydrogen-bond acceptors (Lipinski definition) is 4. The van der Waals surface area contributed by atoms with Gasteiger partial charge in [0.1, 0.15) is 28.9 Å². The minimum absolute atomic E-state index is 0.296.